The van der Waals surface area contributed by atoms with Crippen molar-refractivity contribution in [3.8, 4) is 0 Å². The lowest BCUT2D eigenvalue weighted by molar-refractivity contribution is -0.116. The van der Waals surface area contributed by atoms with Gasteiger partial charge < -0.3 is 9.80 Å². The first kappa shape index (κ1) is 20.8. The van der Waals surface area contributed by atoms with Gasteiger partial charge in [0.2, 0.25) is 15.9 Å². The van der Waals surface area contributed by atoms with Crippen LogP contribution in [0.1, 0.15) is 12.5 Å². The molecule has 0 atom stereocenters. The Bertz CT molecular complexity index is 1000. The highest BCUT2D eigenvalue weighted by atomic mass is 32.2. The van der Waals surface area contributed by atoms with Crippen LogP contribution in [0.5, 0.6) is 0 Å². The monoisotopic (exact) mass is 428 g/mol. The predicted octanol–water partition coefficient (Wildman–Crippen LogP) is 1.70. The largest absolute Gasteiger partial charge is 0.369 e. The van der Waals surface area contributed by atoms with E-state index in [4.69, 9.17) is 0 Å². The number of amides is 1. The molecule has 0 bridgehead atoms. The Labute approximate surface area is 178 Å². The minimum Gasteiger partial charge on any atom is -0.369 e. The third kappa shape index (κ3) is 4.50. The number of carbonyl (C=O) groups excluding carboxylic acids is 1. The fraction of sp³-hybridized carbons (Fsp3) is 0.409. The van der Waals surface area contributed by atoms with Crippen molar-refractivity contribution < 1.29 is 13.2 Å². The van der Waals surface area contributed by atoms with E-state index in [9.17, 15) is 13.2 Å². The van der Waals surface area contributed by atoms with E-state index in [1.807, 2.05) is 18.2 Å². The minimum atomic E-state index is -3.56. The highest BCUT2D eigenvalue weighted by Gasteiger charge is 2.25. The maximum Gasteiger partial charge on any atom is 0.240 e. The Kier molecular flexibility index (Phi) is 6.08. The van der Waals surface area contributed by atoms with Gasteiger partial charge in [0.1, 0.15) is 0 Å². The maximum atomic E-state index is 12.7. The van der Waals surface area contributed by atoms with Gasteiger partial charge in [-0.25, -0.2) is 13.1 Å². The predicted molar refractivity (Wildman–Crippen MR) is 118 cm³/mol. The molecule has 2 aliphatic rings. The summed E-state index contributed by atoms with van der Waals surface area (Å²) in [6.07, 6.45) is 0.684. The summed E-state index contributed by atoms with van der Waals surface area (Å²) < 4.78 is 28.1. The minimum absolute atomic E-state index is 0.0187. The van der Waals surface area contributed by atoms with E-state index in [1.165, 1.54) is 12.6 Å². The fourth-order valence-corrected chi connectivity index (χ4v) is 5.23. The van der Waals surface area contributed by atoms with Gasteiger partial charge in [-0.1, -0.05) is 18.2 Å². The van der Waals surface area contributed by atoms with E-state index < -0.39 is 10.0 Å². The number of sulfonamides is 1. The highest BCUT2D eigenvalue weighted by molar-refractivity contribution is 7.89. The molecule has 2 heterocycles. The summed E-state index contributed by atoms with van der Waals surface area (Å²) in [4.78, 5) is 18.3. The van der Waals surface area contributed by atoms with Gasteiger partial charge in [-0.2, -0.15) is 0 Å². The van der Waals surface area contributed by atoms with Crippen molar-refractivity contribution in [2.24, 2.45) is 0 Å². The number of piperazine rings is 1. The Morgan fingerprint density at radius 2 is 1.73 bits per heavy atom. The molecule has 0 radical (unpaired) electrons. The third-order valence-electron chi connectivity index (χ3n) is 5.85. The van der Waals surface area contributed by atoms with Crippen molar-refractivity contribution in [2.75, 3.05) is 55.6 Å². The molecule has 1 N–H and O–H groups in total. The molecule has 0 spiro atoms. The van der Waals surface area contributed by atoms with Gasteiger partial charge in [0.25, 0.3) is 0 Å². The first-order chi connectivity index (χ1) is 14.4. The Morgan fingerprint density at radius 3 is 2.43 bits per heavy atom. The molecule has 7 nitrogen and oxygen atoms in total. The molecule has 0 saturated carbocycles. The van der Waals surface area contributed by atoms with Crippen molar-refractivity contribution in [2.45, 2.75) is 18.2 Å². The third-order valence-corrected chi connectivity index (χ3v) is 7.31. The molecule has 4 rings (SSSR count). The average molecular weight is 429 g/mol. The molecule has 0 aliphatic carbocycles. The number of rotatable bonds is 6. The summed E-state index contributed by atoms with van der Waals surface area (Å²) in [5.41, 5.74) is 2.96. The van der Waals surface area contributed by atoms with Crippen molar-refractivity contribution in [3.63, 3.8) is 0 Å². The fourth-order valence-electron chi connectivity index (χ4n) is 4.16. The zero-order chi connectivity index (χ0) is 21.1. The van der Waals surface area contributed by atoms with E-state index in [2.05, 4.69) is 26.7 Å². The zero-order valence-corrected chi connectivity index (χ0v) is 18.1. The van der Waals surface area contributed by atoms with Crippen molar-refractivity contribution in [1.82, 2.24) is 9.62 Å². The molecule has 30 heavy (non-hydrogen) atoms. The molecule has 2 aliphatic heterocycles. The van der Waals surface area contributed by atoms with Crippen LogP contribution in [0.25, 0.3) is 0 Å². The van der Waals surface area contributed by atoms with Crippen molar-refractivity contribution in [3.05, 3.63) is 54.1 Å². The number of anilines is 2. The second kappa shape index (κ2) is 8.75. The van der Waals surface area contributed by atoms with Crippen LogP contribution in [0.15, 0.2) is 53.4 Å². The summed E-state index contributed by atoms with van der Waals surface area (Å²) in [6.45, 7) is 6.90. The number of nitrogens with zero attached hydrogens (tertiary/aromatic N) is 3. The van der Waals surface area contributed by atoms with Gasteiger partial charge in [-0.3, -0.25) is 9.69 Å². The molecule has 1 amide bonds. The van der Waals surface area contributed by atoms with Gasteiger partial charge in [-0.15, -0.1) is 0 Å². The quantitative estimate of drug-likeness (QED) is 0.758. The summed E-state index contributed by atoms with van der Waals surface area (Å²) >= 11 is 0. The van der Waals surface area contributed by atoms with Gasteiger partial charge in [0, 0.05) is 64.1 Å². The molecular weight excluding hydrogens is 400 g/mol. The number of fused-ring (bicyclic) bond motifs is 1. The van der Waals surface area contributed by atoms with Crippen LogP contribution >= 0.6 is 0 Å². The Balaban J connectivity index is 1.29. The average Bonchev–Trinajstić information content (AvgIpc) is 3.18. The standard InChI is InChI=1S/C22H28N4O3S/c1-18(27)26-11-9-19-17-21(7-8-22(19)26)30(28,29)23-10-12-24-13-15-25(16-14-24)20-5-3-2-4-6-20/h2-8,17,23H,9-16H2,1H3. The van der Waals surface area contributed by atoms with E-state index in [0.29, 0.717) is 26.1 Å². The molecule has 2 aromatic rings. The highest BCUT2D eigenvalue weighted by Crippen LogP contribution is 2.30. The van der Waals surface area contributed by atoms with Crippen molar-refractivity contribution >= 4 is 27.3 Å². The molecule has 1 fully saturated rings. The lowest BCUT2D eigenvalue weighted by Gasteiger charge is -2.36. The zero-order valence-electron chi connectivity index (χ0n) is 17.3. The van der Waals surface area contributed by atoms with Gasteiger partial charge >= 0.3 is 0 Å². The van der Waals surface area contributed by atoms with Crippen LogP contribution in [-0.2, 0) is 21.2 Å². The normalized spacial score (nSPS) is 17.2. The van der Waals surface area contributed by atoms with Gasteiger partial charge in [0.05, 0.1) is 4.90 Å². The topological polar surface area (TPSA) is 73.0 Å². The lowest BCUT2D eigenvalue weighted by atomic mass is 10.2. The molecule has 8 heteroatoms. The van der Waals surface area contributed by atoms with Gasteiger partial charge in [-0.05, 0) is 42.3 Å². The second-order valence-corrected chi connectivity index (χ2v) is 9.54. The van der Waals surface area contributed by atoms with Crippen molar-refractivity contribution in [1.29, 1.82) is 0 Å². The van der Waals surface area contributed by atoms with E-state index in [0.717, 1.165) is 37.4 Å². The maximum absolute atomic E-state index is 12.7. The molecule has 160 valence electrons. The number of para-hydroxylation sites is 1. The first-order valence-electron chi connectivity index (χ1n) is 10.4. The first-order valence-corrected chi connectivity index (χ1v) is 11.9. The van der Waals surface area contributed by atoms with E-state index in [1.54, 1.807) is 23.1 Å². The summed E-state index contributed by atoms with van der Waals surface area (Å²) in [5, 5.41) is 0. The molecule has 2 aromatic carbocycles. The summed E-state index contributed by atoms with van der Waals surface area (Å²) in [7, 11) is -3.56. The SMILES string of the molecule is CC(=O)N1CCc2cc(S(=O)(=O)NCCN3CCN(c4ccccc4)CC3)ccc21. The van der Waals surface area contributed by atoms with Gasteiger partial charge in [0.15, 0.2) is 0 Å². The smallest absolute Gasteiger partial charge is 0.240 e. The number of hydrogen-bond acceptors (Lipinski definition) is 5. The number of hydrogen-bond donors (Lipinski definition) is 1. The van der Waals surface area contributed by atoms with Crippen LogP contribution < -0.4 is 14.5 Å². The summed E-state index contributed by atoms with van der Waals surface area (Å²) in [5.74, 6) is -0.0187. The van der Waals surface area contributed by atoms with Crippen LogP contribution in [0.4, 0.5) is 11.4 Å². The molecule has 0 unspecified atom stereocenters. The van der Waals surface area contributed by atoms with Crippen LogP contribution in [0.3, 0.4) is 0 Å². The van der Waals surface area contributed by atoms with Crippen LogP contribution in [0, 0.1) is 0 Å². The number of nitrogens with one attached hydrogen (secondary N) is 1. The Morgan fingerprint density at radius 1 is 1.00 bits per heavy atom. The Hall–Kier alpha value is -2.42. The van der Waals surface area contributed by atoms with E-state index >= 15 is 0 Å². The van der Waals surface area contributed by atoms with Crippen LogP contribution in [-0.4, -0.2) is 65.0 Å². The summed E-state index contributed by atoms with van der Waals surface area (Å²) in [6, 6.07) is 15.4. The molecule has 0 aromatic heterocycles. The lowest BCUT2D eigenvalue weighted by Crippen LogP contribution is -2.48. The number of carbonyl (C=O) groups is 1. The van der Waals surface area contributed by atoms with Crippen LogP contribution in [0.2, 0.25) is 0 Å². The number of benzene rings is 2. The molecule has 1 saturated heterocycles. The molecular formula is C22H28N4O3S. The second-order valence-electron chi connectivity index (χ2n) is 7.77. The van der Waals surface area contributed by atoms with E-state index in [-0.39, 0.29) is 10.8 Å².